The molecule has 0 saturated carbocycles. The second-order valence-electron chi connectivity index (χ2n) is 7.09. The van der Waals surface area contributed by atoms with E-state index in [0.29, 0.717) is 25.4 Å². The van der Waals surface area contributed by atoms with Crippen LogP contribution in [0.2, 0.25) is 0 Å². The Hall–Kier alpha value is -2.04. The summed E-state index contributed by atoms with van der Waals surface area (Å²) < 4.78 is 0. The number of nitrogens with zero attached hydrogens (tertiary/aromatic N) is 1. The summed E-state index contributed by atoms with van der Waals surface area (Å²) in [7, 11) is 0. The van der Waals surface area contributed by atoms with Crippen LogP contribution in [-0.2, 0) is 11.2 Å². The Balaban J connectivity index is 1.80. The lowest BCUT2D eigenvalue weighted by molar-refractivity contribution is -0.119. The molecule has 2 rings (SSSR count). The highest BCUT2D eigenvalue weighted by molar-refractivity contribution is 5.75. The summed E-state index contributed by atoms with van der Waals surface area (Å²) in [5, 5.41) is 3.09. The number of aryl methyl sites for hydroxylation is 2. The van der Waals surface area contributed by atoms with Crippen molar-refractivity contribution in [3.05, 3.63) is 34.9 Å². The summed E-state index contributed by atoms with van der Waals surface area (Å²) in [6.07, 6.45) is 2.96. The van der Waals surface area contributed by atoms with Crippen molar-refractivity contribution >= 4 is 11.9 Å². The minimum absolute atomic E-state index is 0.00945. The van der Waals surface area contributed by atoms with E-state index in [1.54, 1.807) is 0 Å². The molecular formula is C19H29N3O2. The summed E-state index contributed by atoms with van der Waals surface area (Å²) in [6.45, 7) is 7.63. The molecule has 0 bridgehead atoms. The van der Waals surface area contributed by atoms with E-state index in [1.807, 2.05) is 11.8 Å². The number of benzene rings is 1. The van der Waals surface area contributed by atoms with Gasteiger partial charge in [-0.1, -0.05) is 23.8 Å². The zero-order valence-electron chi connectivity index (χ0n) is 15.0. The smallest absolute Gasteiger partial charge is 0.317 e. The molecule has 1 atom stereocenters. The van der Waals surface area contributed by atoms with Gasteiger partial charge >= 0.3 is 6.03 Å². The van der Waals surface area contributed by atoms with E-state index in [2.05, 4.69) is 37.4 Å². The third kappa shape index (κ3) is 5.25. The predicted octanol–water partition coefficient (Wildman–Crippen LogP) is 2.53. The highest BCUT2D eigenvalue weighted by Gasteiger charge is 2.24. The lowest BCUT2D eigenvalue weighted by Crippen LogP contribution is -2.48. The molecule has 132 valence electrons. The minimum Gasteiger partial charge on any atom is -0.370 e. The molecule has 0 radical (unpaired) electrons. The number of nitrogens with two attached hydrogens (primary N) is 1. The third-order valence-corrected chi connectivity index (χ3v) is 4.79. The summed E-state index contributed by atoms with van der Waals surface area (Å²) in [5.74, 6) is 0.0687. The zero-order valence-corrected chi connectivity index (χ0v) is 15.0. The van der Waals surface area contributed by atoms with Gasteiger partial charge in [0.1, 0.15) is 0 Å². The SMILES string of the molecule is Cc1ccc(C[C@H](C)NC(=O)N2CCC(CC(N)=O)CC2)c(C)c1. The number of amides is 3. The lowest BCUT2D eigenvalue weighted by Gasteiger charge is -2.32. The Morgan fingerprint density at radius 1 is 1.29 bits per heavy atom. The van der Waals surface area contributed by atoms with Crippen LogP contribution in [-0.4, -0.2) is 36.0 Å². The number of carbonyl (C=O) groups excluding carboxylic acids is 2. The molecule has 0 unspecified atom stereocenters. The van der Waals surface area contributed by atoms with E-state index < -0.39 is 0 Å². The van der Waals surface area contributed by atoms with Crippen molar-refractivity contribution in [2.45, 2.75) is 52.5 Å². The quantitative estimate of drug-likeness (QED) is 0.870. The summed E-state index contributed by atoms with van der Waals surface area (Å²) in [5.41, 5.74) is 9.04. The van der Waals surface area contributed by atoms with Crippen molar-refractivity contribution in [3.8, 4) is 0 Å². The highest BCUT2D eigenvalue weighted by Crippen LogP contribution is 2.20. The average molecular weight is 331 g/mol. The Morgan fingerprint density at radius 2 is 1.96 bits per heavy atom. The number of piperidine rings is 1. The molecule has 3 amide bonds. The van der Waals surface area contributed by atoms with Crippen molar-refractivity contribution in [2.75, 3.05) is 13.1 Å². The van der Waals surface area contributed by atoms with E-state index in [9.17, 15) is 9.59 Å². The molecule has 5 heteroatoms. The second kappa shape index (κ2) is 8.18. The molecule has 0 aliphatic carbocycles. The Kier molecular flexibility index (Phi) is 6.23. The van der Waals surface area contributed by atoms with Gasteiger partial charge in [0.2, 0.25) is 5.91 Å². The van der Waals surface area contributed by atoms with Crippen LogP contribution in [0.25, 0.3) is 0 Å². The van der Waals surface area contributed by atoms with Gasteiger partial charge < -0.3 is 16.0 Å². The number of hydrogen-bond acceptors (Lipinski definition) is 2. The maximum Gasteiger partial charge on any atom is 0.317 e. The molecule has 0 aromatic heterocycles. The Morgan fingerprint density at radius 3 is 2.54 bits per heavy atom. The van der Waals surface area contributed by atoms with Gasteiger partial charge in [0.25, 0.3) is 0 Å². The molecule has 0 spiro atoms. The molecule has 5 nitrogen and oxygen atoms in total. The fourth-order valence-corrected chi connectivity index (χ4v) is 3.38. The maximum absolute atomic E-state index is 12.4. The van der Waals surface area contributed by atoms with Crippen LogP contribution >= 0.6 is 0 Å². The molecule has 3 N–H and O–H groups in total. The topological polar surface area (TPSA) is 75.4 Å². The zero-order chi connectivity index (χ0) is 17.7. The van der Waals surface area contributed by atoms with Gasteiger partial charge in [-0.05, 0) is 57.1 Å². The van der Waals surface area contributed by atoms with Gasteiger partial charge in [-0.15, -0.1) is 0 Å². The number of nitrogens with one attached hydrogen (secondary N) is 1. The summed E-state index contributed by atoms with van der Waals surface area (Å²) >= 11 is 0. The molecule has 1 heterocycles. The van der Waals surface area contributed by atoms with Crippen LogP contribution in [0.5, 0.6) is 0 Å². The first-order chi connectivity index (χ1) is 11.3. The van der Waals surface area contributed by atoms with E-state index in [4.69, 9.17) is 5.73 Å². The summed E-state index contributed by atoms with van der Waals surface area (Å²) in [6, 6.07) is 6.50. The standard InChI is InChI=1S/C19H29N3O2/c1-13-4-5-17(14(2)10-13)11-15(3)21-19(24)22-8-6-16(7-9-22)12-18(20)23/h4-5,10,15-16H,6-9,11-12H2,1-3H3,(H2,20,23)(H,21,24)/t15-/m0/s1. The van der Waals surface area contributed by atoms with Crippen molar-refractivity contribution in [3.63, 3.8) is 0 Å². The van der Waals surface area contributed by atoms with Crippen LogP contribution < -0.4 is 11.1 Å². The van der Waals surface area contributed by atoms with Gasteiger partial charge in [0.05, 0.1) is 0 Å². The molecular weight excluding hydrogens is 302 g/mol. The average Bonchev–Trinajstić information content (AvgIpc) is 2.50. The number of carbonyl (C=O) groups is 2. The van der Waals surface area contributed by atoms with Gasteiger partial charge in [0.15, 0.2) is 0 Å². The fourth-order valence-electron chi connectivity index (χ4n) is 3.38. The Labute approximate surface area is 144 Å². The van der Waals surface area contributed by atoms with Gasteiger partial charge in [-0.25, -0.2) is 4.79 Å². The normalized spacial score (nSPS) is 16.7. The van der Waals surface area contributed by atoms with Crippen molar-refractivity contribution < 1.29 is 9.59 Å². The van der Waals surface area contributed by atoms with Crippen molar-refractivity contribution in [2.24, 2.45) is 11.7 Å². The molecule has 24 heavy (non-hydrogen) atoms. The number of hydrogen-bond donors (Lipinski definition) is 2. The number of urea groups is 1. The molecule has 1 aromatic rings. The van der Waals surface area contributed by atoms with Crippen LogP contribution in [0, 0.1) is 19.8 Å². The largest absolute Gasteiger partial charge is 0.370 e. The molecule has 1 aliphatic rings. The van der Waals surface area contributed by atoms with Crippen LogP contribution in [0.15, 0.2) is 18.2 Å². The van der Waals surface area contributed by atoms with Crippen LogP contribution in [0.4, 0.5) is 4.79 Å². The Bertz CT molecular complexity index is 592. The van der Waals surface area contributed by atoms with E-state index in [-0.39, 0.29) is 18.0 Å². The monoisotopic (exact) mass is 331 g/mol. The van der Waals surface area contributed by atoms with E-state index in [0.717, 1.165) is 19.3 Å². The van der Waals surface area contributed by atoms with Gasteiger partial charge in [-0.2, -0.15) is 0 Å². The van der Waals surface area contributed by atoms with E-state index >= 15 is 0 Å². The van der Waals surface area contributed by atoms with Crippen molar-refractivity contribution in [1.82, 2.24) is 10.2 Å². The fraction of sp³-hybridized carbons (Fsp3) is 0.579. The van der Waals surface area contributed by atoms with Crippen LogP contribution in [0.3, 0.4) is 0 Å². The third-order valence-electron chi connectivity index (χ3n) is 4.79. The first-order valence-electron chi connectivity index (χ1n) is 8.75. The minimum atomic E-state index is -0.250. The molecule has 1 aliphatic heterocycles. The first-order valence-corrected chi connectivity index (χ1v) is 8.75. The highest BCUT2D eigenvalue weighted by atomic mass is 16.2. The lowest BCUT2D eigenvalue weighted by atomic mass is 9.93. The van der Waals surface area contributed by atoms with Gasteiger partial charge in [0, 0.05) is 25.6 Å². The van der Waals surface area contributed by atoms with Crippen molar-refractivity contribution in [1.29, 1.82) is 0 Å². The maximum atomic E-state index is 12.4. The van der Waals surface area contributed by atoms with Gasteiger partial charge in [-0.3, -0.25) is 4.79 Å². The summed E-state index contributed by atoms with van der Waals surface area (Å²) in [4.78, 5) is 25.2. The molecule has 1 aromatic carbocycles. The van der Waals surface area contributed by atoms with E-state index in [1.165, 1.54) is 16.7 Å². The van der Waals surface area contributed by atoms with Crippen LogP contribution in [0.1, 0.15) is 42.9 Å². The molecule has 1 saturated heterocycles. The second-order valence-corrected chi connectivity index (χ2v) is 7.09. The first kappa shape index (κ1) is 18.3. The number of likely N-dealkylation sites (tertiary alicyclic amines) is 1. The molecule has 1 fully saturated rings. The number of primary amides is 1. The predicted molar refractivity (Wildman–Crippen MR) is 95.7 cm³/mol. The number of rotatable bonds is 5.